The smallest absolute Gasteiger partial charge is 0.220 e. The Morgan fingerprint density at radius 2 is 2.10 bits per heavy atom. The zero-order valence-corrected chi connectivity index (χ0v) is 19.5. The molecule has 2 aliphatic heterocycles. The molecule has 2 heterocycles. The molecule has 2 aliphatic rings. The molecule has 0 aliphatic carbocycles. The molecule has 1 unspecified atom stereocenters. The first-order valence-electron chi connectivity index (χ1n) is 10.7. The quantitative estimate of drug-likeness (QED) is 0.565. The van der Waals surface area contributed by atoms with E-state index in [9.17, 15) is 9.59 Å². The second-order valence-corrected chi connectivity index (χ2v) is 9.54. The molecular weight excluding hydrogens is 448 g/mol. The van der Waals surface area contributed by atoms with E-state index in [1.54, 1.807) is 6.92 Å². The number of likely N-dealkylation sites (tertiary alicyclic amines) is 2. The van der Waals surface area contributed by atoms with Crippen molar-refractivity contribution in [1.82, 2.24) is 15.1 Å². The average molecular weight is 481 g/mol. The van der Waals surface area contributed by atoms with Crippen molar-refractivity contribution in [2.45, 2.75) is 51.3 Å². The molecule has 2 saturated heterocycles. The van der Waals surface area contributed by atoms with Gasteiger partial charge in [-0.2, -0.15) is 0 Å². The van der Waals surface area contributed by atoms with Crippen LogP contribution >= 0.6 is 15.9 Å². The minimum Gasteiger partial charge on any atom is -0.488 e. The number of hydrogen-bond donors (Lipinski definition) is 2. The normalized spacial score (nSPS) is 23.4. The Kier molecular flexibility index (Phi) is 8.13. The highest BCUT2D eigenvalue weighted by molar-refractivity contribution is 9.10. The summed E-state index contributed by atoms with van der Waals surface area (Å²) in [7, 11) is 2.12. The number of hydrogen-bond acceptors (Lipinski definition) is 5. The number of nitrogens with two attached hydrogens (primary N) is 1. The molecule has 30 heavy (non-hydrogen) atoms. The zero-order valence-electron chi connectivity index (χ0n) is 17.9. The number of primary amides is 1. The summed E-state index contributed by atoms with van der Waals surface area (Å²) in [5.74, 6) is 0.274. The van der Waals surface area contributed by atoms with Gasteiger partial charge in [-0.15, -0.1) is 0 Å². The third-order valence-electron chi connectivity index (χ3n) is 5.97. The highest BCUT2D eigenvalue weighted by Crippen LogP contribution is 2.29. The number of ether oxygens (including phenoxy) is 1. The van der Waals surface area contributed by atoms with Crippen LogP contribution in [-0.2, 0) is 16.1 Å². The summed E-state index contributed by atoms with van der Waals surface area (Å²) in [6.45, 7) is 6.44. The molecule has 0 spiro atoms. The summed E-state index contributed by atoms with van der Waals surface area (Å²) in [5, 5.41) is 3.09. The van der Waals surface area contributed by atoms with Crippen LogP contribution in [0.3, 0.4) is 0 Å². The minimum absolute atomic E-state index is 0.00301. The van der Waals surface area contributed by atoms with Crippen LogP contribution in [0.5, 0.6) is 5.75 Å². The molecule has 0 aromatic heterocycles. The molecule has 3 rings (SSSR count). The van der Waals surface area contributed by atoms with E-state index in [0.29, 0.717) is 12.8 Å². The minimum atomic E-state index is -0.354. The Hall–Kier alpha value is -1.64. The van der Waals surface area contributed by atoms with E-state index in [2.05, 4.69) is 50.2 Å². The van der Waals surface area contributed by atoms with E-state index in [1.807, 2.05) is 6.07 Å². The summed E-state index contributed by atoms with van der Waals surface area (Å²) in [5.41, 5.74) is 6.48. The van der Waals surface area contributed by atoms with E-state index < -0.39 is 0 Å². The maximum atomic E-state index is 12.1. The Morgan fingerprint density at radius 3 is 2.77 bits per heavy atom. The first-order valence-corrected chi connectivity index (χ1v) is 11.5. The lowest BCUT2D eigenvalue weighted by Crippen LogP contribution is -2.37. The molecule has 0 bridgehead atoms. The van der Waals surface area contributed by atoms with Gasteiger partial charge in [0.2, 0.25) is 11.8 Å². The topological polar surface area (TPSA) is 87.9 Å². The fourth-order valence-corrected chi connectivity index (χ4v) is 4.57. The molecule has 0 radical (unpaired) electrons. The van der Waals surface area contributed by atoms with Gasteiger partial charge in [-0.05, 0) is 59.9 Å². The van der Waals surface area contributed by atoms with Gasteiger partial charge < -0.3 is 20.7 Å². The molecule has 3 atom stereocenters. The predicted octanol–water partition coefficient (Wildman–Crippen LogP) is 2.12. The molecule has 2 fully saturated rings. The summed E-state index contributed by atoms with van der Waals surface area (Å²) < 4.78 is 7.13. The number of nitrogens with zero attached hydrogens (tertiary/aromatic N) is 2. The Morgan fingerprint density at radius 1 is 1.30 bits per heavy atom. The maximum absolute atomic E-state index is 12.1. The first kappa shape index (κ1) is 23.0. The number of rotatable bonds is 9. The molecule has 2 amide bonds. The van der Waals surface area contributed by atoms with Gasteiger partial charge in [0.25, 0.3) is 0 Å². The van der Waals surface area contributed by atoms with Crippen molar-refractivity contribution >= 4 is 27.7 Å². The van der Waals surface area contributed by atoms with E-state index in [4.69, 9.17) is 10.5 Å². The Balaban J connectivity index is 1.43. The van der Waals surface area contributed by atoms with Gasteiger partial charge in [0, 0.05) is 51.1 Å². The molecule has 1 aromatic rings. The number of benzene rings is 1. The second-order valence-electron chi connectivity index (χ2n) is 8.69. The highest BCUT2D eigenvalue weighted by atomic mass is 79.9. The van der Waals surface area contributed by atoms with E-state index in [0.717, 1.165) is 55.8 Å². The van der Waals surface area contributed by atoms with Crippen LogP contribution in [0.2, 0.25) is 0 Å². The summed E-state index contributed by atoms with van der Waals surface area (Å²) >= 11 is 3.66. The van der Waals surface area contributed by atoms with Crippen LogP contribution in [0, 0.1) is 5.92 Å². The molecular formula is C22H33BrN4O3. The second kappa shape index (κ2) is 10.6. The van der Waals surface area contributed by atoms with E-state index >= 15 is 0 Å². The van der Waals surface area contributed by atoms with Crippen molar-refractivity contribution in [1.29, 1.82) is 0 Å². The van der Waals surface area contributed by atoms with Crippen LogP contribution in [0.1, 0.15) is 38.2 Å². The van der Waals surface area contributed by atoms with Gasteiger partial charge >= 0.3 is 0 Å². The Labute approximate surface area is 187 Å². The van der Waals surface area contributed by atoms with Gasteiger partial charge in [-0.1, -0.05) is 13.0 Å². The number of halogens is 1. The predicted molar refractivity (Wildman–Crippen MR) is 120 cm³/mol. The van der Waals surface area contributed by atoms with Crippen LogP contribution in [0.25, 0.3) is 0 Å². The molecule has 8 heteroatoms. The van der Waals surface area contributed by atoms with Crippen LogP contribution in [-0.4, -0.2) is 67.0 Å². The number of nitrogens with one attached hydrogen (secondary N) is 1. The summed E-state index contributed by atoms with van der Waals surface area (Å²) in [6.07, 6.45) is 3.09. The SMILES string of the molecule is CC(CCC(=O)N[C@H]1CCN(Cc2ccc(O[C@H]3CCN(C)C3)c(Br)c2)C1)C(N)=O. The number of amides is 2. The Bertz CT molecular complexity index is 760. The molecule has 3 N–H and O–H groups in total. The van der Waals surface area contributed by atoms with Gasteiger partial charge in [0.05, 0.1) is 4.47 Å². The van der Waals surface area contributed by atoms with Crippen LogP contribution in [0.4, 0.5) is 0 Å². The van der Waals surface area contributed by atoms with Gasteiger partial charge in [0.15, 0.2) is 0 Å². The largest absolute Gasteiger partial charge is 0.488 e. The van der Waals surface area contributed by atoms with Gasteiger partial charge in [-0.25, -0.2) is 0 Å². The van der Waals surface area contributed by atoms with Crippen LogP contribution < -0.4 is 15.8 Å². The fourth-order valence-electron chi connectivity index (χ4n) is 4.05. The summed E-state index contributed by atoms with van der Waals surface area (Å²) in [4.78, 5) is 27.9. The van der Waals surface area contributed by atoms with E-state index in [-0.39, 0.29) is 29.9 Å². The third-order valence-corrected chi connectivity index (χ3v) is 6.59. The average Bonchev–Trinajstić information content (AvgIpc) is 3.30. The van der Waals surface area contributed by atoms with Crippen molar-refractivity contribution < 1.29 is 14.3 Å². The van der Waals surface area contributed by atoms with Gasteiger partial charge in [0.1, 0.15) is 11.9 Å². The third kappa shape index (κ3) is 6.68. The van der Waals surface area contributed by atoms with Crippen molar-refractivity contribution in [2.24, 2.45) is 11.7 Å². The standard InChI is InChI=1S/C22H33BrN4O3/c1-15(22(24)29)3-6-21(28)25-17-7-10-27(13-17)12-16-4-5-20(19(23)11-16)30-18-8-9-26(2)14-18/h4-5,11,15,17-18H,3,6-10,12-14H2,1-2H3,(H2,24,29)(H,25,28)/t15?,17-,18-/m0/s1. The fraction of sp³-hybridized carbons (Fsp3) is 0.636. The van der Waals surface area contributed by atoms with Crippen molar-refractivity contribution in [3.8, 4) is 5.75 Å². The summed E-state index contributed by atoms with van der Waals surface area (Å²) in [6, 6.07) is 6.46. The monoisotopic (exact) mass is 480 g/mol. The lowest BCUT2D eigenvalue weighted by Gasteiger charge is -2.19. The maximum Gasteiger partial charge on any atom is 0.220 e. The molecule has 7 nitrogen and oxygen atoms in total. The first-order chi connectivity index (χ1) is 14.3. The van der Waals surface area contributed by atoms with Crippen LogP contribution in [0.15, 0.2) is 22.7 Å². The molecule has 166 valence electrons. The lowest BCUT2D eigenvalue weighted by atomic mass is 10.0. The number of carbonyl (C=O) groups excluding carboxylic acids is 2. The molecule has 0 saturated carbocycles. The van der Waals surface area contributed by atoms with Gasteiger partial charge in [-0.3, -0.25) is 14.5 Å². The molecule has 1 aromatic carbocycles. The zero-order chi connectivity index (χ0) is 21.7. The van der Waals surface area contributed by atoms with Crippen molar-refractivity contribution in [2.75, 3.05) is 33.2 Å². The van der Waals surface area contributed by atoms with E-state index in [1.165, 1.54) is 5.56 Å². The number of carbonyl (C=O) groups is 2. The number of likely N-dealkylation sites (N-methyl/N-ethyl adjacent to an activating group) is 1. The van der Waals surface area contributed by atoms with Crippen molar-refractivity contribution in [3.63, 3.8) is 0 Å². The lowest BCUT2D eigenvalue weighted by molar-refractivity contribution is -0.123. The van der Waals surface area contributed by atoms with Crippen molar-refractivity contribution in [3.05, 3.63) is 28.2 Å². The highest BCUT2D eigenvalue weighted by Gasteiger charge is 2.25.